The van der Waals surface area contributed by atoms with E-state index in [2.05, 4.69) is 4.98 Å². The largest absolute Gasteiger partial charge is 0.480 e. The minimum Gasteiger partial charge on any atom is -0.480 e. The van der Waals surface area contributed by atoms with Gasteiger partial charge in [0.2, 0.25) is 5.91 Å². The van der Waals surface area contributed by atoms with Gasteiger partial charge in [0.05, 0.1) is 11.2 Å². The maximum Gasteiger partial charge on any atom is 0.326 e. The van der Waals surface area contributed by atoms with Crippen LogP contribution in [-0.4, -0.2) is 39.5 Å². The molecule has 0 spiro atoms. The molecule has 1 aromatic heterocycles. The van der Waals surface area contributed by atoms with Gasteiger partial charge in [-0.15, -0.1) is 0 Å². The number of aryl methyl sites for hydroxylation is 1. The number of carboxylic acids is 1. The summed E-state index contributed by atoms with van der Waals surface area (Å²) < 4.78 is 5.70. The van der Waals surface area contributed by atoms with Crippen LogP contribution in [-0.2, 0) is 16.0 Å². The van der Waals surface area contributed by atoms with Gasteiger partial charge in [0, 0.05) is 24.9 Å². The predicted molar refractivity (Wildman–Crippen MR) is 96.8 cm³/mol. The number of oxazole rings is 1. The second kappa shape index (κ2) is 7.91. The Hall–Kier alpha value is -2.34. The molecule has 138 valence electrons. The van der Waals surface area contributed by atoms with Gasteiger partial charge in [-0.25, -0.2) is 9.78 Å². The van der Waals surface area contributed by atoms with Crippen molar-refractivity contribution in [3.8, 4) is 11.3 Å². The summed E-state index contributed by atoms with van der Waals surface area (Å²) in [5.74, 6) is 0.174. The zero-order valence-electron chi connectivity index (χ0n) is 14.5. The van der Waals surface area contributed by atoms with Crippen LogP contribution in [0.15, 0.2) is 34.9 Å². The Morgan fingerprint density at radius 3 is 2.88 bits per heavy atom. The number of halogens is 1. The molecule has 1 fully saturated rings. The van der Waals surface area contributed by atoms with E-state index in [9.17, 15) is 14.7 Å². The summed E-state index contributed by atoms with van der Waals surface area (Å²) in [6.07, 6.45) is 3.40. The molecule has 2 atom stereocenters. The first kappa shape index (κ1) is 18.5. The lowest BCUT2D eigenvalue weighted by molar-refractivity contribution is -0.153. The highest BCUT2D eigenvalue weighted by atomic mass is 35.5. The number of carbonyl (C=O) groups excluding carboxylic acids is 1. The van der Waals surface area contributed by atoms with Crippen LogP contribution in [0, 0.1) is 5.92 Å². The number of piperidine rings is 1. The molecular formula is C19H21ClN2O4. The molecule has 1 aromatic carbocycles. The number of carboxylic acid groups (broad SMARTS) is 1. The predicted octanol–water partition coefficient (Wildman–Crippen LogP) is 3.64. The molecule has 0 aliphatic carbocycles. The lowest BCUT2D eigenvalue weighted by atomic mass is 9.92. The Morgan fingerprint density at radius 2 is 2.15 bits per heavy atom. The van der Waals surface area contributed by atoms with E-state index in [0.717, 1.165) is 12.0 Å². The maximum absolute atomic E-state index is 12.5. The van der Waals surface area contributed by atoms with Gasteiger partial charge in [-0.3, -0.25) is 4.79 Å². The SMILES string of the molecule is CC1CCN(C(=O)CCc2ncc(-c3ccccc3Cl)o2)C(C(=O)O)C1. The normalized spacial score (nSPS) is 20.2. The first-order chi connectivity index (χ1) is 12.5. The number of hydrogen-bond donors (Lipinski definition) is 1. The monoisotopic (exact) mass is 376 g/mol. The van der Waals surface area contributed by atoms with Gasteiger partial charge in [-0.05, 0) is 30.9 Å². The molecule has 6 nitrogen and oxygen atoms in total. The summed E-state index contributed by atoms with van der Waals surface area (Å²) in [6, 6.07) is 6.56. The molecule has 1 N–H and O–H groups in total. The van der Waals surface area contributed by atoms with Crippen molar-refractivity contribution in [2.75, 3.05) is 6.54 Å². The molecule has 0 radical (unpaired) electrons. The fourth-order valence-corrected chi connectivity index (χ4v) is 3.47. The molecule has 26 heavy (non-hydrogen) atoms. The van der Waals surface area contributed by atoms with Crippen molar-refractivity contribution in [3.05, 3.63) is 41.4 Å². The third-order valence-electron chi connectivity index (χ3n) is 4.72. The van der Waals surface area contributed by atoms with E-state index >= 15 is 0 Å². The van der Waals surface area contributed by atoms with Crippen LogP contribution in [0.1, 0.15) is 32.1 Å². The Labute approximate surface area is 156 Å². The second-order valence-corrected chi connectivity index (χ2v) is 7.08. The van der Waals surface area contributed by atoms with Gasteiger partial charge in [-0.1, -0.05) is 30.7 Å². The molecule has 1 aliphatic rings. The zero-order chi connectivity index (χ0) is 18.7. The molecule has 1 amide bonds. The number of likely N-dealkylation sites (tertiary alicyclic amines) is 1. The molecular weight excluding hydrogens is 356 g/mol. The Kier molecular flexibility index (Phi) is 5.61. The van der Waals surface area contributed by atoms with E-state index in [1.807, 2.05) is 25.1 Å². The molecule has 2 heterocycles. The first-order valence-corrected chi connectivity index (χ1v) is 9.05. The summed E-state index contributed by atoms with van der Waals surface area (Å²) in [5.41, 5.74) is 0.746. The van der Waals surface area contributed by atoms with E-state index < -0.39 is 12.0 Å². The van der Waals surface area contributed by atoms with Crippen molar-refractivity contribution in [1.29, 1.82) is 0 Å². The zero-order valence-corrected chi connectivity index (χ0v) is 15.3. The quantitative estimate of drug-likeness (QED) is 0.861. The molecule has 3 rings (SSSR count). The lowest BCUT2D eigenvalue weighted by Crippen LogP contribution is -2.49. The topological polar surface area (TPSA) is 83.6 Å². The van der Waals surface area contributed by atoms with Crippen molar-refractivity contribution in [3.63, 3.8) is 0 Å². The van der Waals surface area contributed by atoms with Crippen molar-refractivity contribution >= 4 is 23.5 Å². The fourth-order valence-electron chi connectivity index (χ4n) is 3.24. The van der Waals surface area contributed by atoms with Gasteiger partial charge < -0.3 is 14.4 Å². The summed E-state index contributed by atoms with van der Waals surface area (Å²) >= 11 is 6.15. The van der Waals surface area contributed by atoms with Crippen LogP contribution < -0.4 is 0 Å². The molecule has 0 bridgehead atoms. The van der Waals surface area contributed by atoms with Crippen LogP contribution in [0.5, 0.6) is 0 Å². The van der Waals surface area contributed by atoms with E-state index in [1.54, 1.807) is 12.3 Å². The molecule has 0 saturated carbocycles. The number of aliphatic carboxylic acids is 1. The summed E-state index contributed by atoms with van der Waals surface area (Å²) in [7, 11) is 0. The van der Waals surface area contributed by atoms with E-state index in [-0.39, 0.29) is 12.3 Å². The molecule has 7 heteroatoms. The van der Waals surface area contributed by atoms with Crippen LogP contribution in [0.3, 0.4) is 0 Å². The van der Waals surface area contributed by atoms with Gasteiger partial charge in [0.15, 0.2) is 11.7 Å². The summed E-state index contributed by atoms with van der Waals surface area (Å²) in [4.78, 5) is 29.6. The Bertz CT molecular complexity index is 804. The number of nitrogens with zero attached hydrogens (tertiary/aromatic N) is 2. The highest BCUT2D eigenvalue weighted by Crippen LogP contribution is 2.28. The minimum atomic E-state index is -0.943. The average Bonchev–Trinajstić information content (AvgIpc) is 3.08. The smallest absolute Gasteiger partial charge is 0.326 e. The average molecular weight is 377 g/mol. The standard InChI is InChI=1S/C19H21ClN2O4/c1-12-8-9-22(15(10-12)19(24)25)18(23)7-6-17-21-11-16(26-17)13-4-2-3-5-14(13)20/h2-5,11-12,15H,6-10H2,1H3,(H,24,25). The van der Waals surface area contributed by atoms with E-state index in [1.165, 1.54) is 4.90 Å². The summed E-state index contributed by atoms with van der Waals surface area (Å²) in [5, 5.41) is 9.95. The molecule has 1 aliphatic heterocycles. The Morgan fingerprint density at radius 1 is 1.38 bits per heavy atom. The van der Waals surface area contributed by atoms with Gasteiger partial charge in [-0.2, -0.15) is 0 Å². The van der Waals surface area contributed by atoms with Crippen LogP contribution in [0.4, 0.5) is 0 Å². The summed E-state index contributed by atoms with van der Waals surface area (Å²) in [6.45, 7) is 2.49. The van der Waals surface area contributed by atoms with Crippen LogP contribution in [0.25, 0.3) is 11.3 Å². The van der Waals surface area contributed by atoms with Crippen molar-refractivity contribution in [2.45, 2.75) is 38.6 Å². The number of aromatic nitrogens is 1. The number of benzene rings is 1. The van der Waals surface area contributed by atoms with Crippen molar-refractivity contribution in [2.24, 2.45) is 5.92 Å². The van der Waals surface area contributed by atoms with Gasteiger partial charge in [0.1, 0.15) is 6.04 Å². The van der Waals surface area contributed by atoms with Crippen molar-refractivity contribution < 1.29 is 19.1 Å². The highest BCUT2D eigenvalue weighted by Gasteiger charge is 2.34. The maximum atomic E-state index is 12.5. The van der Waals surface area contributed by atoms with E-state index in [4.69, 9.17) is 16.0 Å². The highest BCUT2D eigenvalue weighted by molar-refractivity contribution is 6.33. The van der Waals surface area contributed by atoms with Crippen LogP contribution >= 0.6 is 11.6 Å². The minimum absolute atomic E-state index is 0.167. The van der Waals surface area contributed by atoms with Gasteiger partial charge in [0.25, 0.3) is 0 Å². The van der Waals surface area contributed by atoms with Crippen LogP contribution in [0.2, 0.25) is 5.02 Å². The van der Waals surface area contributed by atoms with Crippen molar-refractivity contribution in [1.82, 2.24) is 9.88 Å². The number of rotatable bonds is 5. The number of amides is 1. The molecule has 1 saturated heterocycles. The first-order valence-electron chi connectivity index (χ1n) is 8.67. The Balaban J connectivity index is 1.63. The van der Waals surface area contributed by atoms with E-state index in [0.29, 0.717) is 42.0 Å². The van der Waals surface area contributed by atoms with Gasteiger partial charge >= 0.3 is 5.97 Å². The number of carbonyl (C=O) groups is 2. The molecule has 2 unspecified atom stereocenters. The second-order valence-electron chi connectivity index (χ2n) is 6.67. The molecule has 2 aromatic rings. The lowest BCUT2D eigenvalue weighted by Gasteiger charge is -2.36. The fraction of sp³-hybridized carbons (Fsp3) is 0.421. The third kappa shape index (κ3) is 4.07. The third-order valence-corrected chi connectivity index (χ3v) is 5.05. The number of hydrogen-bond acceptors (Lipinski definition) is 4.